The Kier molecular flexibility index (Phi) is 6.26. The number of hydrogen-bond acceptors (Lipinski definition) is 6. The van der Waals surface area contributed by atoms with Crippen molar-refractivity contribution in [3.05, 3.63) is 98.0 Å². The van der Waals surface area contributed by atoms with Gasteiger partial charge in [-0.1, -0.05) is 12.1 Å². The Hall–Kier alpha value is -4.32. The van der Waals surface area contributed by atoms with Crippen LogP contribution in [0.3, 0.4) is 0 Å². The maximum absolute atomic E-state index is 14.1. The fourth-order valence-electron chi connectivity index (χ4n) is 5.06. The van der Waals surface area contributed by atoms with E-state index in [4.69, 9.17) is 0 Å². The van der Waals surface area contributed by atoms with Crippen molar-refractivity contribution in [2.75, 3.05) is 0 Å². The van der Waals surface area contributed by atoms with Crippen molar-refractivity contribution in [2.24, 2.45) is 0 Å². The highest BCUT2D eigenvalue weighted by atomic mass is 32.1. The van der Waals surface area contributed by atoms with Crippen molar-refractivity contribution in [3.8, 4) is 5.69 Å². The number of rotatable bonds is 4. The van der Waals surface area contributed by atoms with Crippen molar-refractivity contribution in [1.29, 1.82) is 0 Å². The highest BCUT2D eigenvalue weighted by Crippen LogP contribution is 2.28. The van der Waals surface area contributed by atoms with Crippen molar-refractivity contribution in [2.45, 2.75) is 37.8 Å². The number of thiazole rings is 1. The number of aromatic nitrogens is 4. The molecule has 12 heteroatoms. The zero-order valence-corrected chi connectivity index (χ0v) is 21.1. The molecule has 0 unspecified atom stereocenters. The summed E-state index contributed by atoms with van der Waals surface area (Å²) in [6.45, 7) is 0. The fraction of sp³-hybridized carbons (Fsp3) is 0.222. The van der Waals surface area contributed by atoms with Crippen molar-refractivity contribution < 1.29 is 18.0 Å². The molecule has 1 amide bonds. The van der Waals surface area contributed by atoms with Crippen LogP contribution in [0.5, 0.6) is 0 Å². The molecule has 39 heavy (non-hydrogen) atoms. The molecule has 198 valence electrons. The molecular weight excluding hydrogens is 531 g/mol. The lowest BCUT2D eigenvalue weighted by atomic mass is 9.91. The minimum Gasteiger partial charge on any atom is -0.347 e. The number of fused-ring (bicyclic) bond motifs is 2. The first-order valence-electron chi connectivity index (χ1n) is 12.2. The minimum atomic E-state index is -1.18. The molecule has 1 aliphatic carbocycles. The van der Waals surface area contributed by atoms with Gasteiger partial charge >= 0.3 is 5.69 Å². The number of pyridine rings is 1. The number of carbonyl (C=O) groups excluding carboxylic acids is 1. The molecule has 1 saturated carbocycles. The normalized spacial score (nSPS) is 17.5. The molecule has 0 radical (unpaired) electrons. The lowest BCUT2D eigenvalue weighted by Crippen LogP contribution is -2.45. The molecule has 1 aliphatic rings. The molecule has 1 N–H and O–H groups in total. The van der Waals surface area contributed by atoms with Crippen LogP contribution in [0.15, 0.2) is 64.3 Å². The van der Waals surface area contributed by atoms with E-state index in [-0.39, 0.29) is 28.7 Å². The van der Waals surface area contributed by atoms with E-state index in [0.29, 0.717) is 30.7 Å². The first-order valence-corrected chi connectivity index (χ1v) is 13.1. The summed E-state index contributed by atoms with van der Waals surface area (Å²) >= 11 is 1.30. The van der Waals surface area contributed by atoms with Crippen LogP contribution in [0.2, 0.25) is 0 Å². The fourth-order valence-corrected chi connectivity index (χ4v) is 5.93. The number of para-hydroxylation sites is 1. The first kappa shape index (κ1) is 25.0. The largest absolute Gasteiger partial charge is 0.347 e. The van der Waals surface area contributed by atoms with Crippen molar-refractivity contribution in [1.82, 2.24) is 24.4 Å². The molecular formula is C27H20F3N5O3S. The van der Waals surface area contributed by atoms with Crippen LogP contribution in [0.1, 0.15) is 41.5 Å². The SMILES string of the molecule is O=C(N[C@H]1CC[C@@H](n2c(=O)c3cc(F)cnc3n(-c3ccc(F)c(F)c3)c2=O)CC1)c1nc2ccccc2s1. The molecule has 1 fully saturated rings. The summed E-state index contributed by atoms with van der Waals surface area (Å²) in [5.74, 6) is -3.35. The number of nitrogens with zero attached hydrogens (tertiary/aromatic N) is 4. The summed E-state index contributed by atoms with van der Waals surface area (Å²) in [7, 11) is 0. The van der Waals surface area contributed by atoms with Gasteiger partial charge in [0.05, 0.1) is 27.5 Å². The Morgan fingerprint density at radius 1 is 0.974 bits per heavy atom. The molecule has 0 atom stereocenters. The van der Waals surface area contributed by atoms with E-state index >= 15 is 0 Å². The highest BCUT2D eigenvalue weighted by Gasteiger charge is 2.28. The second-order valence-electron chi connectivity index (χ2n) is 9.38. The summed E-state index contributed by atoms with van der Waals surface area (Å²) in [4.78, 5) is 48.1. The van der Waals surface area contributed by atoms with Crippen molar-refractivity contribution in [3.63, 3.8) is 0 Å². The molecule has 0 spiro atoms. The van der Waals surface area contributed by atoms with Gasteiger partial charge in [-0.2, -0.15) is 0 Å². The Bertz CT molecular complexity index is 1840. The molecule has 2 aromatic carbocycles. The summed E-state index contributed by atoms with van der Waals surface area (Å²) < 4.78 is 44.6. The maximum Gasteiger partial charge on any atom is 0.337 e. The molecule has 0 saturated heterocycles. The van der Waals surface area contributed by atoms with E-state index in [1.807, 2.05) is 24.3 Å². The van der Waals surface area contributed by atoms with Gasteiger partial charge in [0, 0.05) is 18.2 Å². The third-order valence-corrected chi connectivity index (χ3v) is 7.97. The molecule has 0 aliphatic heterocycles. The number of carbonyl (C=O) groups is 1. The molecule has 5 aromatic rings. The smallest absolute Gasteiger partial charge is 0.337 e. The van der Waals surface area contributed by atoms with E-state index in [1.165, 1.54) is 17.4 Å². The Balaban J connectivity index is 1.30. The van der Waals surface area contributed by atoms with Gasteiger partial charge in [0.1, 0.15) is 5.82 Å². The van der Waals surface area contributed by atoms with E-state index in [0.717, 1.165) is 43.7 Å². The Morgan fingerprint density at radius 2 is 1.74 bits per heavy atom. The van der Waals surface area contributed by atoms with Crippen LogP contribution in [0, 0.1) is 17.5 Å². The van der Waals surface area contributed by atoms with Crippen LogP contribution < -0.4 is 16.6 Å². The van der Waals surface area contributed by atoms with Gasteiger partial charge in [-0.05, 0) is 56.0 Å². The van der Waals surface area contributed by atoms with Gasteiger partial charge in [0.2, 0.25) is 0 Å². The van der Waals surface area contributed by atoms with Gasteiger partial charge in [-0.3, -0.25) is 14.2 Å². The topological polar surface area (TPSA) is 98.9 Å². The van der Waals surface area contributed by atoms with Crippen LogP contribution in [0.4, 0.5) is 13.2 Å². The molecule has 0 bridgehead atoms. The minimum absolute atomic E-state index is 0.0476. The van der Waals surface area contributed by atoms with Gasteiger partial charge in [-0.15, -0.1) is 11.3 Å². The molecule has 3 heterocycles. The maximum atomic E-state index is 14.1. The third-order valence-electron chi connectivity index (χ3n) is 6.94. The average Bonchev–Trinajstić information content (AvgIpc) is 3.37. The average molecular weight is 552 g/mol. The van der Waals surface area contributed by atoms with E-state index in [2.05, 4.69) is 15.3 Å². The van der Waals surface area contributed by atoms with Crippen LogP contribution in [0.25, 0.3) is 26.9 Å². The molecule has 8 nitrogen and oxygen atoms in total. The second-order valence-corrected chi connectivity index (χ2v) is 10.4. The van der Waals surface area contributed by atoms with Gasteiger partial charge in [-0.25, -0.2) is 32.5 Å². The predicted molar refractivity (Wildman–Crippen MR) is 140 cm³/mol. The quantitative estimate of drug-likeness (QED) is 0.355. The second kappa shape index (κ2) is 9.77. The first-order chi connectivity index (χ1) is 18.8. The summed E-state index contributed by atoms with van der Waals surface area (Å²) in [5, 5.41) is 3.18. The highest BCUT2D eigenvalue weighted by molar-refractivity contribution is 7.20. The third kappa shape index (κ3) is 4.50. The lowest BCUT2D eigenvalue weighted by molar-refractivity contribution is 0.0921. The lowest BCUT2D eigenvalue weighted by Gasteiger charge is -2.30. The number of benzene rings is 2. The number of amides is 1. The zero-order chi connectivity index (χ0) is 27.3. The van der Waals surface area contributed by atoms with Gasteiger partial charge < -0.3 is 5.32 Å². The molecule has 6 rings (SSSR count). The van der Waals surface area contributed by atoms with E-state index in [9.17, 15) is 27.6 Å². The number of nitrogens with one attached hydrogen (secondary N) is 1. The van der Waals surface area contributed by atoms with Crippen LogP contribution in [-0.4, -0.2) is 31.1 Å². The summed E-state index contributed by atoms with van der Waals surface area (Å²) in [5.41, 5.74) is -0.975. The monoisotopic (exact) mass is 551 g/mol. The van der Waals surface area contributed by atoms with Crippen LogP contribution >= 0.6 is 11.3 Å². The molecule has 3 aromatic heterocycles. The number of halogens is 3. The van der Waals surface area contributed by atoms with Crippen molar-refractivity contribution >= 4 is 38.5 Å². The Morgan fingerprint density at radius 3 is 2.49 bits per heavy atom. The van der Waals surface area contributed by atoms with E-state index < -0.39 is 34.7 Å². The zero-order valence-electron chi connectivity index (χ0n) is 20.2. The van der Waals surface area contributed by atoms with Gasteiger partial charge in [0.15, 0.2) is 22.3 Å². The summed E-state index contributed by atoms with van der Waals surface area (Å²) in [6.07, 6.45) is 2.58. The van der Waals surface area contributed by atoms with E-state index in [1.54, 1.807) is 0 Å². The summed E-state index contributed by atoms with van der Waals surface area (Å²) in [6, 6.07) is 10.6. The predicted octanol–water partition coefficient (Wildman–Crippen LogP) is 4.49. The Labute approximate surface area is 222 Å². The number of hydrogen-bond donors (Lipinski definition) is 1. The van der Waals surface area contributed by atoms with Gasteiger partial charge in [0.25, 0.3) is 11.5 Å². The van der Waals surface area contributed by atoms with Crippen LogP contribution in [-0.2, 0) is 0 Å². The standard InChI is InChI=1S/C27H20F3N5O3S/c28-14-11-18-23(31-13-14)34(17-9-10-19(29)20(30)12-17)27(38)35(26(18)37)16-7-5-15(6-8-16)32-24(36)25-33-21-3-1-2-4-22(21)39-25/h1-4,9-13,15-16H,5-8H2,(H,32,36)/t15-,16+.